The van der Waals surface area contributed by atoms with E-state index < -0.39 is 21.6 Å². The number of amides is 1. The number of hydrogen-bond donors (Lipinski definition) is 1. The van der Waals surface area contributed by atoms with E-state index in [0.29, 0.717) is 5.75 Å². The number of hydrogen-bond acceptors (Lipinski definition) is 4. The van der Waals surface area contributed by atoms with Gasteiger partial charge in [-0.05, 0) is 55.3 Å². The highest BCUT2D eigenvalue weighted by atomic mass is 32.2. The van der Waals surface area contributed by atoms with Gasteiger partial charge in [-0.25, -0.2) is 12.8 Å². The van der Waals surface area contributed by atoms with Gasteiger partial charge in [-0.3, -0.25) is 4.79 Å². The number of sulfone groups is 1. The largest absolute Gasteiger partial charge is 0.484 e. The zero-order valence-corrected chi connectivity index (χ0v) is 14.4. The highest BCUT2D eigenvalue weighted by Gasteiger charge is 2.13. The molecular weight excluding hydrogens is 333 g/mol. The minimum atomic E-state index is -3.49. The van der Waals surface area contributed by atoms with Crippen LogP contribution in [0.25, 0.3) is 0 Å². The van der Waals surface area contributed by atoms with E-state index in [1.54, 1.807) is 12.1 Å². The van der Waals surface area contributed by atoms with Gasteiger partial charge < -0.3 is 10.1 Å². The summed E-state index contributed by atoms with van der Waals surface area (Å²) < 4.78 is 42.1. The average Bonchev–Trinajstić information content (AvgIpc) is 2.49. The Hall–Kier alpha value is -2.41. The van der Waals surface area contributed by atoms with Gasteiger partial charge in [-0.1, -0.05) is 6.07 Å². The molecule has 0 fully saturated rings. The summed E-state index contributed by atoms with van der Waals surface area (Å²) in [6.07, 6.45) is 1.01. The predicted octanol–water partition coefficient (Wildman–Crippen LogP) is 2.86. The molecule has 0 saturated heterocycles. The van der Waals surface area contributed by atoms with Crippen molar-refractivity contribution in [2.24, 2.45) is 0 Å². The quantitative estimate of drug-likeness (QED) is 0.841. The molecule has 2 aromatic rings. The van der Waals surface area contributed by atoms with Crippen molar-refractivity contribution < 1.29 is 22.3 Å². The summed E-state index contributed by atoms with van der Waals surface area (Å²) in [7, 11) is -3.49. The van der Waals surface area contributed by atoms with Gasteiger partial charge >= 0.3 is 0 Å². The third-order valence-electron chi connectivity index (χ3n) is 3.49. The maximum Gasteiger partial charge on any atom is 0.262 e. The van der Waals surface area contributed by atoms with Crippen LogP contribution in [-0.2, 0) is 14.6 Å². The average molecular weight is 351 g/mol. The molecule has 0 radical (unpaired) electrons. The Morgan fingerprint density at radius 2 is 1.83 bits per heavy atom. The van der Waals surface area contributed by atoms with Crippen molar-refractivity contribution in [3.63, 3.8) is 0 Å². The van der Waals surface area contributed by atoms with Gasteiger partial charge in [0.2, 0.25) is 0 Å². The van der Waals surface area contributed by atoms with Crippen LogP contribution >= 0.6 is 0 Å². The van der Waals surface area contributed by atoms with E-state index in [2.05, 4.69) is 5.32 Å². The molecular formula is C17H18FNO4S. The molecule has 5 nitrogen and oxygen atoms in total. The fourth-order valence-corrected chi connectivity index (χ4v) is 2.62. The summed E-state index contributed by atoms with van der Waals surface area (Å²) in [6, 6.07) is 8.63. The van der Waals surface area contributed by atoms with Crippen molar-refractivity contribution in [2.75, 3.05) is 18.2 Å². The van der Waals surface area contributed by atoms with Crippen molar-refractivity contribution in [1.82, 2.24) is 0 Å². The fourth-order valence-electron chi connectivity index (χ4n) is 1.97. The molecule has 7 heteroatoms. The first-order chi connectivity index (χ1) is 11.2. The molecule has 0 heterocycles. The van der Waals surface area contributed by atoms with Crippen molar-refractivity contribution in [2.45, 2.75) is 18.7 Å². The highest BCUT2D eigenvalue weighted by molar-refractivity contribution is 7.90. The summed E-state index contributed by atoms with van der Waals surface area (Å²) in [4.78, 5) is 11.8. The summed E-state index contributed by atoms with van der Waals surface area (Å²) in [5.74, 6) is -0.779. The van der Waals surface area contributed by atoms with Crippen molar-refractivity contribution in [3.05, 3.63) is 53.3 Å². The zero-order chi connectivity index (χ0) is 17.9. The van der Waals surface area contributed by atoms with E-state index in [1.807, 2.05) is 19.9 Å². The number of rotatable bonds is 5. The van der Waals surface area contributed by atoms with Gasteiger partial charge in [0.25, 0.3) is 5.91 Å². The lowest BCUT2D eigenvalue weighted by Crippen LogP contribution is -2.21. The molecule has 128 valence electrons. The molecule has 0 atom stereocenters. The van der Waals surface area contributed by atoms with E-state index in [9.17, 15) is 17.6 Å². The van der Waals surface area contributed by atoms with E-state index in [0.717, 1.165) is 35.6 Å². The molecule has 2 rings (SSSR count). The number of carbonyl (C=O) groups excluding carboxylic acids is 1. The lowest BCUT2D eigenvalue weighted by atomic mass is 10.1. The minimum Gasteiger partial charge on any atom is -0.484 e. The van der Waals surface area contributed by atoms with Gasteiger partial charge in [-0.15, -0.1) is 0 Å². The molecule has 0 aliphatic rings. The van der Waals surface area contributed by atoms with Gasteiger partial charge in [0, 0.05) is 6.26 Å². The lowest BCUT2D eigenvalue weighted by Gasteiger charge is -2.10. The maximum absolute atomic E-state index is 13.7. The van der Waals surface area contributed by atoms with Crippen LogP contribution in [0.5, 0.6) is 5.75 Å². The van der Waals surface area contributed by atoms with E-state index in [4.69, 9.17) is 4.74 Å². The van der Waals surface area contributed by atoms with Gasteiger partial charge in [0.05, 0.1) is 10.6 Å². The maximum atomic E-state index is 13.7. The van der Waals surface area contributed by atoms with E-state index >= 15 is 0 Å². The van der Waals surface area contributed by atoms with Crippen LogP contribution in [0.2, 0.25) is 0 Å². The van der Waals surface area contributed by atoms with Crippen LogP contribution in [0.4, 0.5) is 10.1 Å². The zero-order valence-electron chi connectivity index (χ0n) is 13.6. The predicted molar refractivity (Wildman–Crippen MR) is 89.6 cm³/mol. The third-order valence-corrected chi connectivity index (χ3v) is 4.60. The van der Waals surface area contributed by atoms with Crippen LogP contribution in [0.1, 0.15) is 11.1 Å². The highest BCUT2D eigenvalue weighted by Crippen LogP contribution is 2.20. The topological polar surface area (TPSA) is 72.5 Å². The molecule has 0 aliphatic heterocycles. The lowest BCUT2D eigenvalue weighted by molar-refractivity contribution is -0.118. The first kappa shape index (κ1) is 17.9. The molecule has 0 aromatic heterocycles. The Bertz CT molecular complexity index is 878. The molecule has 0 bridgehead atoms. The standard InChI is InChI=1S/C17H18FNO4S/c1-11-4-5-13(8-12(11)2)23-10-17(20)19-16-9-14(24(3,21)22)6-7-15(16)18/h4-9H,10H2,1-3H3,(H,19,20). The second-order valence-electron chi connectivity index (χ2n) is 5.50. The summed E-state index contributed by atoms with van der Waals surface area (Å²) in [5, 5.41) is 2.32. The van der Waals surface area contributed by atoms with Crippen molar-refractivity contribution in [1.29, 1.82) is 0 Å². The first-order valence-corrected chi connectivity index (χ1v) is 9.05. The number of ether oxygens (including phenoxy) is 1. The Kier molecular flexibility index (Phi) is 5.23. The Balaban J connectivity index is 2.05. The SMILES string of the molecule is Cc1ccc(OCC(=O)Nc2cc(S(C)(=O)=O)ccc2F)cc1C. The Morgan fingerprint density at radius 1 is 1.12 bits per heavy atom. The molecule has 0 unspecified atom stereocenters. The van der Waals surface area contributed by atoms with Crippen LogP contribution in [0.3, 0.4) is 0 Å². The minimum absolute atomic E-state index is 0.0747. The van der Waals surface area contributed by atoms with Gasteiger partial charge in [0.1, 0.15) is 11.6 Å². The number of benzene rings is 2. The fraction of sp³-hybridized carbons (Fsp3) is 0.235. The molecule has 24 heavy (non-hydrogen) atoms. The number of halogens is 1. The molecule has 2 aromatic carbocycles. The molecule has 1 N–H and O–H groups in total. The van der Waals surface area contributed by atoms with Crippen LogP contribution in [-0.4, -0.2) is 27.2 Å². The second-order valence-corrected chi connectivity index (χ2v) is 7.51. The van der Waals surface area contributed by atoms with Gasteiger partial charge in [0.15, 0.2) is 16.4 Å². The molecule has 0 spiro atoms. The van der Waals surface area contributed by atoms with Gasteiger partial charge in [-0.2, -0.15) is 0 Å². The van der Waals surface area contributed by atoms with Crippen molar-refractivity contribution >= 4 is 21.4 Å². The van der Waals surface area contributed by atoms with Crippen LogP contribution < -0.4 is 10.1 Å². The Labute approximate surface area is 140 Å². The summed E-state index contributed by atoms with van der Waals surface area (Å²) in [6.45, 7) is 3.57. The van der Waals surface area contributed by atoms with Crippen LogP contribution in [0, 0.1) is 19.7 Å². The normalized spacial score (nSPS) is 11.2. The number of anilines is 1. The molecule has 1 amide bonds. The third kappa shape index (κ3) is 4.55. The second kappa shape index (κ2) is 7.00. The summed E-state index contributed by atoms with van der Waals surface area (Å²) >= 11 is 0. The smallest absolute Gasteiger partial charge is 0.262 e. The summed E-state index contributed by atoms with van der Waals surface area (Å²) in [5.41, 5.74) is 1.93. The monoisotopic (exact) mass is 351 g/mol. The van der Waals surface area contributed by atoms with Crippen molar-refractivity contribution in [3.8, 4) is 5.75 Å². The first-order valence-electron chi connectivity index (χ1n) is 7.16. The number of nitrogens with one attached hydrogen (secondary N) is 1. The number of aryl methyl sites for hydroxylation is 2. The van der Waals surface area contributed by atoms with E-state index in [-0.39, 0.29) is 17.2 Å². The van der Waals surface area contributed by atoms with Crippen LogP contribution in [0.15, 0.2) is 41.3 Å². The van der Waals surface area contributed by atoms with E-state index in [1.165, 1.54) is 0 Å². The Morgan fingerprint density at radius 3 is 2.46 bits per heavy atom. The number of carbonyl (C=O) groups is 1. The molecule has 0 aliphatic carbocycles. The molecule has 0 saturated carbocycles.